The van der Waals surface area contributed by atoms with E-state index in [4.69, 9.17) is 4.74 Å². The summed E-state index contributed by atoms with van der Waals surface area (Å²) in [6.45, 7) is 1.92. The normalized spacial score (nSPS) is 12.7. The van der Waals surface area contributed by atoms with E-state index in [1.165, 1.54) is 18.3 Å². The Balaban J connectivity index is 1.79. The van der Waals surface area contributed by atoms with Gasteiger partial charge in [0, 0.05) is 12.7 Å². The van der Waals surface area contributed by atoms with Gasteiger partial charge in [-0.3, -0.25) is 4.98 Å². The lowest BCUT2D eigenvalue weighted by atomic mass is 10.2. The Kier molecular flexibility index (Phi) is 5.38. The van der Waals surface area contributed by atoms with E-state index in [-0.39, 0.29) is 18.9 Å². The predicted molar refractivity (Wildman–Crippen MR) is 78.2 cm³/mol. The number of nitrogens with zero attached hydrogens (tertiary/aromatic N) is 2. The van der Waals surface area contributed by atoms with Gasteiger partial charge in [-0.2, -0.15) is 13.2 Å². The van der Waals surface area contributed by atoms with Gasteiger partial charge in [-0.1, -0.05) is 0 Å². The number of aliphatic hydroxyl groups excluding tert-OH is 1. The molecule has 1 aromatic heterocycles. The van der Waals surface area contributed by atoms with Crippen molar-refractivity contribution in [2.45, 2.75) is 19.2 Å². The van der Waals surface area contributed by atoms with Gasteiger partial charge in [-0.25, -0.2) is 4.98 Å². The molecule has 0 spiro atoms. The van der Waals surface area contributed by atoms with Crippen molar-refractivity contribution in [3.05, 3.63) is 47.9 Å². The van der Waals surface area contributed by atoms with Crippen molar-refractivity contribution < 1.29 is 23.0 Å². The number of benzene rings is 1. The van der Waals surface area contributed by atoms with E-state index in [0.29, 0.717) is 5.82 Å². The number of aryl methyl sites for hydroxylation is 1. The number of nitrogens with one attached hydrogen (secondary N) is 1. The molecule has 1 aromatic carbocycles. The molecule has 0 aliphatic carbocycles. The van der Waals surface area contributed by atoms with Crippen LogP contribution >= 0.6 is 0 Å². The second-order valence-corrected chi connectivity index (χ2v) is 4.91. The first-order valence-corrected chi connectivity index (χ1v) is 6.85. The molecule has 0 amide bonds. The van der Waals surface area contributed by atoms with E-state index in [1.807, 2.05) is 0 Å². The van der Waals surface area contributed by atoms with E-state index in [9.17, 15) is 18.3 Å². The summed E-state index contributed by atoms with van der Waals surface area (Å²) in [7, 11) is 0. The highest BCUT2D eigenvalue weighted by Crippen LogP contribution is 2.30. The van der Waals surface area contributed by atoms with Crippen LogP contribution in [0, 0.1) is 6.92 Å². The fraction of sp³-hybridized carbons (Fsp3) is 0.333. The number of anilines is 1. The zero-order chi connectivity index (χ0) is 16.9. The second kappa shape index (κ2) is 7.28. The molecule has 0 fully saturated rings. The molecule has 1 unspecified atom stereocenters. The molecule has 1 heterocycles. The van der Waals surface area contributed by atoms with Gasteiger partial charge in [-0.05, 0) is 31.2 Å². The summed E-state index contributed by atoms with van der Waals surface area (Å²) in [6, 6.07) is 4.30. The lowest BCUT2D eigenvalue weighted by molar-refractivity contribution is -0.137. The van der Waals surface area contributed by atoms with E-state index in [2.05, 4.69) is 15.3 Å². The largest absolute Gasteiger partial charge is 0.491 e. The molecule has 23 heavy (non-hydrogen) atoms. The SMILES string of the molecule is Cc1cncc(NCC(O)COc2ccc(C(F)(F)F)cc2)n1. The van der Waals surface area contributed by atoms with Crippen LogP contribution < -0.4 is 10.1 Å². The van der Waals surface area contributed by atoms with Crippen LogP contribution in [0.4, 0.5) is 19.0 Å². The van der Waals surface area contributed by atoms with Gasteiger partial charge in [0.1, 0.15) is 24.3 Å². The number of hydrogen-bond acceptors (Lipinski definition) is 5. The van der Waals surface area contributed by atoms with Crippen LogP contribution in [0.25, 0.3) is 0 Å². The molecular weight excluding hydrogens is 311 g/mol. The van der Waals surface area contributed by atoms with Crippen molar-refractivity contribution in [3.8, 4) is 5.75 Å². The number of hydrogen-bond donors (Lipinski definition) is 2. The zero-order valence-electron chi connectivity index (χ0n) is 12.3. The molecule has 1 atom stereocenters. The molecule has 0 aliphatic heterocycles. The molecule has 5 nitrogen and oxygen atoms in total. The quantitative estimate of drug-likeness (QED) is 0.854. The lowest BCUT2D eigenvalue weighted by Gasteiger charge is -2.14. The fourth-order valence-electron chi connectivity index (χ4n) is 1.76. The maximum absolute atomic E-state index is 12.4. The van der Waals surface area contributed by atoms with Gasteiger partial charge < -0.3 is 15.2 Å². The number of halogens is 3. The molecule has 0 saturated carbocycles. The highest BCUT2D eigenvalue weighted by molar-refractivity contribution is 5.31. The molecule has 0 saturated heterocycles. The van der Waals surface area contributed by atoms with Crippen LogP contribution in [0.2, 0.25) is 0 Å². The van der Waals surface area contributed by atoms with E-state index in [1.54, 1.807) is 13.1 Å². The van der Waals surface area contributed by atoms with Crippen molar-refractivity contribution in [1.29, 1.82) is 0 Å². The van der Waals surface area contributed by atoms with Crippen molar-refractivity contribution in [3.63, 3.8) is 0 Å². The summed E-state index contributed by atoms with van der Waals surface area (Å²) in [6.07, 6.45) is -2.10. The second-order valence-electron chi connectivity index (χ2n) is 4.91. The Labute approximate surface area is 131 Å². The molecule has 0 radical (unpaired) electrons. The highest BCUT2D eigenvalue weighted by atomic mass is 19.4. The number of alkyl halides is 3. The first kappa shape index (κ1) is 17.0. The Bertz CT molecular complexity index is 633. The number of ether oxygens (including phenoxy) is 1. The number of aromatic nitrogens is 2. The topological polar surface area (TPSA) is 67.3 Å². The summed E-state index contributed by atoms with van der Waals surface area (Å²) in [4.78, 5) is 8.12. The van der Waals surface area contributed by atoms with Crippen LogP contribution in [0.3, 0.4) is 0 Å². The van der Waals surface area contributed by atoms with Gasteiger partial charge in [0.25, 0.3) is 0 Å². The summed E-state index contributed by atoms with van der Waals surface area (Å²) in [5, 5.41) is 12.7. The Hall–Kier alpha value is -2.35. The number of aliphatic hydroxyl groups is 1. The van der Waals surface area contributed by atoms with Crippen molar-refractivity contribution in [2.75, 3.05) is 18.5 Å². The Morgan fingerprint density at radius 1 is 1.22 bits per heavy atom. The van der Waals surface area contributed by atoms with E-state index >= 15 is 0 Å². The highest BCUT2D eigenvalue weighted by Gasteiger charge is 2.30. The van der Waals surface area contributed by atoms with Crippen molar-refractivity contribution >= 4 is 5.82 Å². The number of rotatable bonds is 6. The summed E-state index contributed by atoms with van der Waals surface area (Å²) < 4.78 is 42.5. The summed E-state index contributed by atoms with van der Waals surface area (Å²) >= 11 is 0. The Morgan fingerprint density at radius 2 is 1.91 bits per heavy atom. The van der Waals surface area contributed by atoms with Crippen LogP contribution in [0.5, 0.6) is 5.75 Å². The van der Waals surface area contributed by atoms with Gasteiger partial charge in [0.2, 0.25) is 0 Å². The van der Waals surface area contributed by atoms with Crippen molar-refractivity contribution in [1.82, 2.24) is 9.97 Å². The minimum absolute atomic E-state index is 0.0579. The first-order chi connectivity index (χ1) is 10.8. The average molecular weight is 327 g/mol. The van der Waals surface area contributed by atoms with E-state index in [0.717, 1.165) is 17.8 Å². The molecule has 2 rings (SSSR count). The standard InChI is InChI=1S/C15H16F3N3O2/c1-10-6-19-8-14(21-10)20-7-12(22)9-23-13-4-2-11(3-5-13)15(16,17)18/h2-6,8,12,22H,7,9H2,1H3,(H,20,21). The zero-order valence-corrected chi connectivity index (χ0v) is 12.3. The molecule has 2 N–H and O–H groups in total. The van der Waals surface area contributed by atoms with Crippen LogP contribution in [0.15, 0.2) is 36.7 Å². The van der Waals surface area contributed by atoms with Crippen molar-refractivity contribution in [2.24, 2.45) is 0 Å². The van der Waals surface area contributed by atoms with Crippen LogP contribution in [-0.4, -0.2) is 34.3 Å². The molecular formula is C15H16F3N3O2. The third-order valence-electron chi connectivity index (χ3n) is 2.90. The Morgan fingerprint density at radius 3 is 2.52 bits per heavy atom. The van der Waals surface area contributed by atoms with Gasteiger partial charge >= 0.3 is 6.18 Å². The van der Waals surface area contributed by atoms with Crippen LogP contribution in [0.1, 0.15) is 11.3 Å². The third kappa shape index (κ3) is 5.41. The lowest BCUT2D eigenvalue weighted by Crippen LogP contribution is -2.26. The maximum atomic E-state index is 12.4. The molecule has 8 heteroatoms. The van der Waals surface area contributed by atoms with Gasteiger partial charge in [-0.15, -0.1) is 0 Å². The fourth-order valence-corrected chi connectivity index (χ4v) is 1.76. The smallest absolute Gasteiger partial charge is 0.416 e. The first-order valence-electron chi connectivity index (χ1n) is 6.85. The third-order valence-corrected chi connectivity index (χ3v) is 2.90. The molecule has 0 aliphatic rings. The molecule has 124 valence electrons. The molecule has 2 aromatic rings. The summed E-state index contributed by atoms with van der Waals surface area (Å²) in [5.74, 6) is 0.783. The van der Waals surface area contributed by atoms with Gasteiger partial charge in [0.15, 0.2) is 0 Å². The van der Waals surface area contributed by atoms with E-state index < -0.39 is 17.8 Å². The maximum Gasteiger partial charge on any atom is 0.416 e. The minimum atomic E-state index is -4.38. The average Bonchev–Trinajstić information content (AvgIpc) is 2.50. The molecule has 0 bridgehead atoms. The summed E-state index contributed by atoms with van der Waals surface area (Å²) in [5.41, 5.74) is -0.00409. The monoisotopic (exact) mass is 327 g/mol. The van der Waals surface area contributed by atoms with Gasteiger partial charge in [0.05, 0.1) is 17.5 Å². The minimum Gasteiger partial charge on any atom is -0.491 e. The van der Waals surface area contributed by atoms with Crippen LogP contribution in [-0.2, 0) is 6.18 Å². The predicted octanol–water partition coefficient (Wildman–Crippen LogP) is 2.66.